The van der Waals surface area contributed by atoms with Gasteiger partial charge in [-0.2, -0.15) is 0 Å². The number of hydrogen-bond donors (Lipinski definition) is 0. The number of rotatable bonds is 77. The quantitative estimate of drug-likeness (QED) is 0.0195. The summed E-state index contributed by atoms with van der Waals surface area (Å²) in [5.41, 5.74) is 0. The van der Waals surface area contributed by atoms with Crippen molar-refractivity contribution in [2.24, 2.45) is 0 Å². The smallest absolute Gasteiger partial charge is 0.306 e. The predicted molar refractivity (Wildman–Crippen MR) is 416 cm³/mol. The predicted octanol–water partition coefficient (Wildman–Crippen LogP) is 27.0. The van der Waals surface area contributed by atoms with E-state index in [9.17, 15) is 19.0 Å². The Morgan fingerprint density at radius 1 is 0.333 bits per heavy atom. The van der Waals surface area contributed by atoms with E-state index in [4.69, 9.17) is 18.5 Å². The summed E-state index contributed by atoms with van der Waals surface area (Å²) >= 11 is 0. The lowest BCUT2D eigenvalue weighted by atomic mass is 10.0. The molecule has 0 radical (unpaired) electrons. The lowest BCUT2D eigenvalue weighted by Crippen LogP contribution is -2.37. The van der Waals surface area contributed by atoms with Crippen LogP contribution in [-0.4, -0.2) is 70.0 Å². The van der Waals surface area contributed by atoms with E-state index >= 15 is 0 Å². The van der Waals surface area contributed by atoms with Gasteiger partial charge >= 0.3 is 11.9 Å². The molecule has 0 heterocycles. The van der Waals surface area contributed by atoms with Crippen molar-refractivity contribution in [1.82, 2.24) is 0 Å². The number of nitrogens with zero attached hydrogens (tertiary/aromatic N) is 1. The molecule has 0 aliphatic carbocycles. The molecule has 0 bridgehead atoms. The molecule has 0 spiro atoms. The van der Waals surface area contributed by atoms with E-state index in [1.165, 1.54) is 283 Å². The first kappa shape index (κ1) is 93.2. The van der Waals surface area contributed by atoms with Crippen LogP contribution in [0.15, 0.2) is 85.1 Å². The first-order chi connectivity index (χ1) is 47.0. The largest absolute Gasteiger partial charge is 0.756 e. The molecule has 0 rings (SSSR count). The maximum absolute atomic E-state index is 12.9. The van der Waals surface area contributed by atoms with Crippen LogP contribution in [0.5, 0.6) is 0 Å². The first-order valence-electron chi connectivity index (χ1n) is 41.3. The second-order valence-electron chi connectivity index (χ2n) is 29.1. The normalized spacial score (nSPS) is 13.4. The van der Waals surface area contributed by atoms with Crippen LogP contribution in [0.3, 0.4) is 0 Å². The van der Waals surface area contributed by atoms with Gasteiger partial charge in [-0.15, -0.1) is 0 Å². The van der Waals surface area contributed by atoms with Crippen molar-refractivity contribution in [2.45, 2.75) is 405 Å². The van der Waals surface area contributed by atoms with E-state index in [0.717, 1.165) is 83.5 Å². The molecule has 0 saturated heterocycles. The van der Waals surface area contributed by atoms with Gasteiger partial charge in [0, 0.05) is 12.8 Å². The topological polar surface area (TPSA) is 111 Å². The lowest BCUT2D eigenvalue weighted by Gasteiger charge is -2.28. The van der Waals surface area contributed by atoms with Crippen molar-refractivity contribution in [1.29, 1.82) is 0 Å². The molecule has 0 aromatic rings. The van der Waals surface area contributed by atoms with Gasteiger partial charge in [0.1, 0.15) is 19.8 Å². The number of esters is 2. The molecule has 0 aliphatic rings. The second kappa shape index (κ2) is 76.4. The summed E-state index contributed by atoms with van der Waals surface area (Å²) in [5.74, 6) is -0.813. The molecular weight excluding hydrogens is 1210 g/mol. The number of ether oxygens (including phenoxy) is 2. The standard InChI is InChI=1S/C86H158NO8P/c1-6-8-10-12-14-16-18-20-22-24-26-28-30-32-34-36-38-40-41-42-43-44-45-47-49-51-53-55-57-59-61-63-65-67-69-71-73-75-77-79-86(89)95-84(83-94-96(90,91)93-81-80-87(3,4)5)82-92-85(88)78-76-74-72-70-68-66-64-62-60-58-56-54-52-50-48-46-39-37-35-33-31-29-27-25-23-21-19-17-15-13-11-9-7-2/h8,10,14,16,20,22,26,28,32,34,38,40,42-43,84H,6-7,9,11-13,15,17-19,21,23-25,27,29-31,33,35-37,39,41,44-83H2,1-5H3/b10-8-,16-14-,22-20-,28-26-,34-32-,40-38-,43-42-. The minimum absolute atomic E-state index is 0.0300. The third kappa shape index (κ3) is 80.2. The van der Waals surface area contributed by atoms with Crippen molar-refractivity contribution < 1.29 is 42.1 Å². The summed E-state index contributed by atoms with van der Waals surface area (Å²) in [6.45, 7) is 4.19. The fourth-order valence-corrected chi connectivity index (χ4v) is 12.9. The zero-order valence-electron chi connectivity index (χ0n) is 64.1. The van der Waals surface area contributed by atoms with E-state index in [2.05, 4.69) is 98.9 Å². The Kier molecular flexibility index (Phi) is 74.1. The van der Waals surface area contributed by atoms with Gasteiger partial charge in [0.25, 0.3) is 7.82 Å². The highest BCUT2D eigenvalue weighted by Crippen LogP contribution is 2.38. The average molecular weight is 1370 g/mol. The Labute approximate surface area is 596 Å². The Bertz CT molecular complexity index is 1900. The van der Waals surface area contributed by atoms with Gasteiger partial charge < -0.3 is 27.9 Å². The van der Waals surface area contributed by atoms with Crippen molar-refractivity contribution >= 4 is 19.8 Å². The van der Waals surface area contributed by atoms with Crippen molar-refractivity contribution in [3.8, 4) is 0 Å². The van der Waals surface area contributed by atoms with Gasteiger partial charge in [0.05, 0.1) is 27.7 Å². The number of carbonyl (C=O) groups excluding carboxylic acids is 2. The van der Waals surface area contributed by atoms with Gasteiger partial charge in [0.15, 0.2) is 6.10 Å². The van der Waals surface area contributed by atoms with Crippen LogP contribution in [-0.2, 0) is 32.7 Å². The van der Waals surface area contributed by atoms with Gasteiger partial charge in [0.2, 0.25) is 0 Å². The SMILES string of the molecule is CC/C=C\C/C=C\C/C=C\C/C=C\C/C=C\C/C=C\C/C=C\CCCCCCCCCCCCCCCCCCCC(=O)OC(COC(=O)CCCCCCCCCCCCCCCCCCCCCCCCCCCCCCCCCCC)COP(=O)([O-])OCC[N+](C)(C)C. The summed E-state index contributed by atoms with van der Waals surface area (Å²) in [5, 5.41) is 0. The zero-order valence-corrected chi connectivity index (χ0v) is 65.0. The van der Waals surface area contributed by atoms with Crippen molar-refractivity contribution in [3.63, 3.8) is 0 Å². The average Bonchev–Trinajstić information content (AvgIpc) is 1.98. The van der Waals surface area contributed by atoms with Gasteiger partial charge in [-0.05, 0) is 70.6 Å². The maximum atomic E-state index is 12.9. The number of hydrogen-bond acceptors (Lipinski definition) is 8. The lowest BCUT2D eigenvalue weighted by molar-refractivity contribution is -0.870. The molecule has 0 saturated carbocycles. The minimum Gasteiger partial charge on any atom is -0.756 e. The van der Waals surface area contributed by atoms with E-state index in [0.29, 0.717) is 17.4 Å². The molecule has 2 atom stereocenters. The number of unbranched alkanes of at least 4 members (excludes halogenated alkanes) is 49. The molecule has 0 amide bonds. The van der Waals surface area contributed by atoms with Crippen molar-refractivity contribution in [2.75, 3.05) is 47.5 Å². The summed E-state index contributed by atoms with van der Waals surface area (Å²) in [6, 6.07) is 0. The van der Waals surface area contributed by atoms with Crippen molar-refractivity contribution in [3.05, 3.63) is 85.1 Å². The van der Waals surface area contributed by atoms with Crippen LogP contribution < -0.4 is 4.89 Å². The molecule has 10 heteroatoms. The Hall–Kier alpha value is -2.81. The third-order valence-electron chi connectivity index (χ3n) is 18.4. The van der Waals surface area contributed by atoms with E-state index in [1.807, 2.05) is 21.1 Å². The fraction of sp³-hybridized carbons (Fsp3) is 0.814. The first-order valence-corrected chi connectivity index (χ1v) is 42.8. The number of carbonyl (C=O) groups is 2. The molecule has 2 unspecified atom stereocenters. The van der Waals surface area contributed by atoms with E-state index in [-0.39, 0.29) is 32.0 Å². The Morgan fingerprint density at radius 3 is 0.885 bits per heavy atom. The number of quaternary nitrogens is 1. The molecule has 96 heavy (non-hydrogen) atoms. The molecule has 0 fully saturated rings. The minimum atomic E-state index is -4.65. The summed E-state index contributed by atoms with van der Waals surface area (Å²) in [6.07, 6.45) is 106. The van der Waals surface area contributed by atoms with E-state index < -0.39 is 26.5 Å². The van der Waals surface area contributed by atoms with E-state index in [1.54, 1.807) is 0 Å². The summed E-state index contributed by atoms with van der Waals surface area (Å²) in [4.78, 5) is 38.2. The van der Waals surface area contributed by atoms with Crippen LogP contribution in [0.25, 0.3) is 0 Å². The molecule has 0 aromatic heterocycles. The number of phosphoric acid groups is 1. The number of phosphoric ester groups is 1. The number of allylic oxidation sites excluding steroid dienone is 14. The zero-order chi connectivity index (χ0) is 69.7. The molecule has 560 valence electrons. The molecule has 9 nitrogen and oxygen atoms in total. The fourth-order valence-electron chi connectivity index (χ4n) is 12.2. The van der Waals surface area contributed by atoms with Gasteiger partial charge in [-0.3, -0.25) is 14.2 Å². The highest BCUT2D eigenvalue weighted by Gasteiger charge is 2.22. The van der Waals surface area contributed by atoms with Crippen LogP contribution >= 0.6 is 7.82 Å². The summed E-state index contributed by atoms with van der Waals surface area (Å²) in [7, 11) is 1.18. The van der Waals surface area contributed by atoms with Crippen LogP contribution in [0.1, 0.15) is 399 Å². The molecular formula is C86H158NO8P. The third-order valence-corrected chi connectivity index (χ3v) is 19.4. The number of likely N-dealkylation sites (N-methyl/N-ethyl adjacent to an activating group) is 1. The molecule has 0 aromatic carbocycles. The molecule has 0 aliphatic heterocycles. The highest BCUT2D eigenvalue weighted by atomic mass is 31.2. The monoisotopic (exact) mass is 1360 g/mol. The van der Waals surface area contributed by atoms with Crippen LogP contribution in [0, 0.1) is 0 Å². The van der Waals surface area contributed by atoms with Gasteiger partial charge in [-0.25, -0.2) is 0 Å². The molecule has 0 N–H and O–H groups in total. The Morgan fingerprint density at radius 2 is 0.594 bits per heavy atom. The van der Waals surface area contributed by atoms with Crippen LogP contribution in [0.2, 0.25) is 0 Å². The Balaban J connectivity index is 3.93. The highest BCUT2D eigenvalue weighted by molar-refractivity contribution is 7.45. The maximum Gasteiger partial charge on any atom is 0.306 e. The van der Waals surface area contributed by atoms with Gasteiger partial charge in [-0.1, -0.05) is 401 Å². The van der Waals surface area contributed by atoms with Crippen LogP contribution in [0.4, 0.5) is 0 Å². The summed E-state index contributed by atoms with van der Waals surface area (Å²) < 4.78 is 34.4. The second-order valence-corrected chi connectivity index (χ2v) is 30.5.